The van der Waals surface area contributed by atoms with Crippen molar-refractivity contribution in [1.29, 1.82) is 0 Å². The Hall–Kier alpha value is -3.34. The van der Waals surface area contributed by atoms with Crippen LogP contribution in [-0.2, 0) is 42.2 Å². The zero-order chi connectivity index (χ0) is 49.9. The van der Waals surface area contributed by atoms with E-state index in [1.165, 1.54) is 19.3 Å². The monoisotopic (exact) mass is 975 g/mol. The zero-order valence-electron chi connectivity index (χ0n) is 42.8. The van der Waals surface area contributed by atoms with E-state index >= 15 is 0 Å². The van der Waals surface area contributed by atoms with Crippen LogP contribution in [0.5, 0.6) is 0 Å². The van der Waals surface area contributed by atoms with E-state index in [9.17, 15) is 28.9 Å². The number of aliphatic hydroxyl groups excluding tert-OH is 1. The molecule has 0 amide bonds. The van der Waals surface area contributed by atoms with Crippen molar-refractivity contribution in [2.24, 2.45) is 0 Å². The predicted octanol–water partition coefficient (Wildman–Crippen LogP) is 15.1. The summed E-state index contributed by atoms with van der Waals surface area (Å²) in [6, 6.07) is 0. The van der Waals surface area contributed by atoms with Gasteiger partial charge in [0.05, 0.1) is 19.8 Å². The van der Waals surface area contributed by atoms with E-state index in [0.29, 0.717) is 19.3 Å². The Morgan fingerprint density at radius 2 is 0.794 bits per heavy atom. The highest BCUT2D eigenvalue weighted by molar-refractivity contribution is 7.47. The number of phosphoric ester groups is 1. The summed E-state index contributed by atoms with van der Waals surface area (Å²) in [6.45, 7) is 4.35. The van der Waals surface area contributed by atoms with Crippen molar-refractivity contribution in [3.05, 3.63) is 85.1 Å². The molecule has 0 fully saturated rings. The van der Waals surface area contributed by atoms with E-state index in [2.05, 4.69) is 106 Å². The molecular weight excluding hydrogens is 880 g/mol. The Bertz CT molecular complexity index is 1460. The number of phosphoric acid groups is 1. The lowest BCUT2D eigenvalue weighted by Crippen LogP contribution is -2.30. The highest BCUT2D eigenvalue weighted by Gasteiger charge is 2.28. The second-order valence-corrected chi connectivity index (χ2v) is 18.8. The quantitative estimate of drug-likeness (QED) is 0.0197. The fourth-order valence-corrected chi connectivity index (χ4v) is 7.51. The van der Waals surface area contributed by atoms with Gasteiger partial charge in [-0.1, -0.05) is 170 Å². The lowest BCUT2D eigenvalue weighted by Gasteiger charge is -2.21. The molecule has 0 saturated carbocycles. The number of ether oxygens (including phenoxy) is 3. The van der Waals surface area contributed by atoms with E-state index in [1.54, 1.807) is 0 Å². The maximum atomic E-state index is 12.9. The predicted molar refractivity (Wildman–Crippen MR) is 279 cm³/mol. The second-order valence-electron chi connectivity index (χ2n) is 17.3. The maximum absolute atomic E-state index is 12.9. The molecule has 3 unspecified atom stereocenters. The summed E-state index contributed by atoms with van der Waals surface area (Å²) in [5.41, 5.74) is 0. The van der Waals surface area contributed by atoms with Crippen LogP contribution in [0.4, 0.5) is 0 Å². The second kappa shape index (κ2) is 50.1. The van der Waals surface area contributed by atoms with Crippen molar-refractivity contribution >= 4 is 25.7 Å². The lowest BCUT2D eigenvalue weighted by molar-refractivity contribution is -0.161. The molecule has 0 aromatic heterocycles. The molecule has 390 valence electrons. The van der Waals surface area contributed by atoms with Crippen LogP contribution in [0.3, 0.4) is 0 Å². The van der Waals surface area contributed by atoms with Gasteiger partial charge in [-0.2, -0.15) is 0 Å². The molecule has 0 aliphatic heterocycles. The first-order chi connectivity index (χ1) is 33.2. The van der Waals surface area contributed by atoms with Crippen molar-refractivity contribution in [1.82, 2.24) is 0 Å². The Kier molecular flexibility index (Phi) is 47.6. The van der Waals surface area contributed by atoms with Crippen LogP contribution in [-0.4, -0.2) is 66.5 Å². The molecule has 12 heteroatoms. The summed E-state index contributed by atoms with van der Waals surface area (Å²) >= 11 is 0. The normalized spacial score (nSPS) is 14.1. The molecule has 11 nitrogen and oxygen atoms in total. The molecule has 0 aliphatic carbocycles. The average Bonchev–Trinajstić information content (AvgIpc) is 3.32. The van der Waals surface area contributed by atoms with Gasteiger partial charge in [0.25, 0.3) is 0 Å². The van der Waals surface area contributed by atoms with Gasteiger partial charge in [0.2, 0.25) is 0 Å². The molecule has 0 saturated heterocycles. The van der Waals surface area contributed by atoms with Crippen LogP contribution in [0, 0.1) is 0 Å². The zero-order valence-corrected chi connectivity index (χ0v) is 43.7. The van der Waals surface area contributed by atoms with Crippen LogP contribution in [0.1, 0.15) is 213 Å². The third-order valence-electron chi connectivity index (χ3n) is 10.8. The summed E-state index contributed by atoms with van der Waals surface area (Å²) in [5, 5.41) is 9.78. The van der Waals surface area contributed by atoms with E-state index in [4.69, 9.17) is 23.3 Å². The summed E-state index contributed by atoms with van der Waals surface area (Å²) < 4.78 is 39.3. The highest BCUT2D eigenvalue weighted by atomic mass is 31.2. The summed E-state index contributed by atoms with van der Waals surface area (Å²) in [4.78, 5) is 48.3. The van der Waals surface area contributed by atoms with Crippen LogP contribution < -0.4 is 0 Å². The first kappa shape index (κ1) is 64.7. The number of carbonyl (C=O) groups is 3. The number of carbonyl (C=O) groups excluding carboxylic acids is 3. The fourth-order valence-electron chi connectivity index (χ4n) is 6.73. The van der Waals surface area contributed by atoms with E-state index in [-0.39, 0.29) is 25.9 Å². The maximum Gasteiger partial charge on any atom is 0.472 e. The molecular formula is C56H95O11P. The lowest BCUT2D eigenvalue weighted by atomic mass is 10.1. The molecule has 0 heterocycles. The molecule has 0 aromatic rings. The van der Waals surface area contributed by atoms with Gasteiger partial charge in [0, 0.05) is 19.3 Å². The van der Waals surface area contributed by atoms with Gasteiger partial charge in [0.15, 0.2) is 6.10 Å². The van der Waals surface area contributed by atoms with Crippen molar-refractivity contribution in [3.8, 4) is 0 Å². The molecule has 0 aromatic carbocycles. The fraction of sp³-hybridized carbons (Fsp3) is 0.696. The summed E-state index contributed by atoms with van der Waals surface area (Å²) in [5.74, 6) is -1.54. The van der Waals surface area contributed by atoms with E-state index in [0.717, 1.165) is 135 Å². The number of unbranched alkanes of at least 4 members (excludes halogenated alkanes) is 17. The minimum absolute atomic E-state index is 0.141. The number of hydrogen-bond acceptors (Lipinski definition) is 10. The molecule has 0 bridgehead atoms. The third kappa shape index (κ3) is 47.7. The number of rotatable bonds is 48. The highest BCUT2D eigenvalue weighted by Crippen LogP contribution is 2.43. The van der Waals surface area contributed by atoms with Gasteiger partial charge in [-0.25, -0.2) is 4.57 Å². The molecule has 0 aliphatic rings. The molecule has 68 heavy (non-hydrogen) atoms. The first-order valence-electron chi connectivity index (χ1n) is 26.5. The van der Waals surface area contributed by atoms with Crippen molar-refractivity contribution in [3.63, 3.8) is 0 Å². The van der Waals surface area contributed by atoms with Gasteiger partial charge in [0.1, 0.15) is 12.7 Å². The first-order valence-corrected chi connectivity index (χ1v) is 28.0. The molecule has 0 spiro atoms. The van der Waals surface area contributed by atoms with Crippen LogP contribution in [0.2, 0.25) is 0 Å². The number of allylic oxidation sites excluding steroid dienone is 14. The van der Waals surface area contributed by atoms with Crippen molar-refractivity contribution in [2.45, 2.75) is 226 Å². The van der Waals surface area contributed by atoms with Gasteiger partial charge in [-0.3, -0.25) is 23.4 Å². The number of aliphatic hydroxyl groups is 1. The van der Waals surface area contributed by atoms with Gasteiger partial charge >= 0.3 is 25.7 Å². The Labute approximate surface area is 413 Å². The number of hydrogen-bond donors (Lipinski definition) is 2. The van der Waals surface area contributed by atoms with E-state index in [1.807, 2.05) is 0 Å². The Morgan fingerprint density at radius 1 is 0.426 bits per heavy atom. The largest absolute Gasteiger partial charge is 0.472 e. The van der Waals surface area contributed by atoms with Gasteiger partial charge in [-0.15, -0.1) is 0 Å². The number of esters is 3. The van der Waals surface area contributed by atoms with Crippen LogP contribution in [0.25, 0.3) is 0 Å². The van der Waals surface area contributed by atoms with Crippen LogP contribution >= 0.6 is 7.82 Å². The summed E-state index contributed by atoms with van der Waals surface area (Å²) in [6.07, 6.45) is 55.5. The smallest absolute Gasteiger partial charge is 0.462 e. The topological polar surface area (TPSA) is 155 Å². The molecule has 0 radical (unpaired) electrons. The third-order valence-corrected chi connectivity index (χ3v) is 11.7. The van der Waals surface area contributed by atoms with Crippen molar-refractivity contribution in [2.75, 3.05) is 26.4 Å². The van der Waals surface area contributed by atoms with E-state index < -0.39 is 57.8 Å². The SMILES string of the molecule is CC/C=C\C/C=C\C/C=C\CCCCCC(=O)OCC(COP(=O)(O)OCC(CO)OC(=O)CCCCCCC/C=C\C/C=C\CCC)OC(=O)CCCCCCC/C=C\C/C=C\CCCCC. The Balaban J connectivity index is 4.82. The average molecular weight is 975 g/mol. The van der Waals surface area contributed by atoms with Crippen LogP contribution in [0.15, 0.2) is 85.1 Å². The van der Waals surface area contributed by atoms with Gasteiger partial charge in [-0.05, 0) is 109 Å². The molecule has 2 N–H and O–H groups in total. The minimum Gasteiger partial charge on any atom is -0.462 e. The minimum atomic E-state index is -4.76. The molecule has 0 rings (SSSR count). The van der Waals surface area contributed by atoms with Crippen molar-refractivity contribution < 1.29 is 52.2 Å². The molecule has 3 atom stereocenters. The Morgan fingerprint density at radius 3 is 1.25 bits per heavy atom. The van der Waals surface area contributed by atoms with Gasteiger partial charge < -0.3 is 24.2 Å². The summed E-state index contributed by atoms with van der Waals surface area (Å²) in [7, 11) is -4.76. The standard InChI is InChI=1S/C56H95O11P/c1-4-7-10-13-16-19-22-25-26-29-32-35-38-41-44-47-56(60)67-53(49-63-54(58)45-42-39-36-33-30-27-23-20-17-14-11-8-5-2)51-65-68(61,62)64-50-52(48-57)66-55(59)46-43-40-37-34-31-28-24-21-18-15-12-9-6-3/h8,11-12,15-17,19-21,24-27,30,52-53,57H,4-7,9-10,13-14,18,22-23,28-29,31-51H2,1-3H3,(H,61,62)/b11-8-,15-12-,19-16-,20-17-,24-21-,26-25-,30-27-.